The Kier molecular flexibility index (Phi) is 4.14. The standard InChI is InChI=1S/C19H24N2/c1-15-11-16(2)13-18(12-15)20-14-17-5-7-19(8-6-17)21-9-3-4-10-21/h5-8,11-13,20H,3-4,9-10,14H2,1-2H3. The van der Waals surface area contributed by atoms with E-state index in [0.717, 1.165) is 6.54 Å². The smallest absolute Gasteiger partial charge is 0.0400 e. The molecule has 1 fully saturated rings. The highest BCUT2D eigenvalue weighted by Gasteiger charge is 2.11. The average molecular weight is 280 g/mol. The lowest BCUT2D eigenvalue weighted by atomic mass is 10.1. The Morgan fingerprint density at radius 3 is 2.14 bits per heavy atom. The summed E-state index contributed by atoms with van der Waals surface area (Å²) in [5.74, 6) is 0. The van der Waals surface area contributed by atoms with Crippen molar-refractivity contribution in [2.45, 2.75) is 33.2 Å². The predicted octanol–water partition coefficient (Wildman–Crippen LogP) is 4.52. The van der Waals surface area contributed by atoms with Gasteiger partial charge in [0.2, 0.25) is 0 Å². The van der Waals surface area contributed by atoms with Crippen molar-refractivity contribution in [3.63, 3.8) is 0 Å². The third kappa shape index (κ3) is 3.57. The first-order valence-electron chi connectivity index (χ1n) is 7.87. The van der Waals surface area contributed by atoms with Crippen molar-refractivity contribution in [3.8, 4) is 0 Å². The van der Waals surface area contributed by atoms with Gasteiger partial charge in [-0.1, -0.05) is 18.2 Å². The van der Waals surface area contributed by atoms with E-state index in [1.807, 2.05) is 0 Å². The summed E-state index contributed by atoms with van der Waals surface area (Å²) in [5.41, 5.74) is 6.51. The summed E-state index contributed by atoms with van der Waals surface area (Å²) in [5, 5.41) is 3.52. The van der Waals surface area contributed by atoms with Crippen molar-refractivity contribution in [2.24, 2.45) is 0 Å². The molecule has 1 N–H and O–H groups in total. The molecule has 1 aliphatic heterocycles. The van der Waals surface area contributed by atoms with Crippen molar-refractivity contribution in [1.82, 2.24) is 0 Å². The fraction of sp³-hybridized carbons (Fsp3) is 0.368. The lowest BCUT2D eigenvalue weighted by molar-refractivity contribution is 0.949. The molecule has 2 aromatic rings. The molecule has 2 nitrogen and oxygen atoms in total. The maximum atomic E-state index is 3.52. The summed E-state index contributed by atoms with van der Waals surface area (Å²) in [4.78, 5) is 2.47. The van der Waals surface area contributed by atoms with E-state index in [2.05, 4.69) is 66.5 Å². The fourth-order valence-corrected chi connectivity index (χ4v) is 3.08. The van der Waals surface area contributed by atoms with Gasteiger partial charge in [-0.05, 0) is 67.6 Å². The highest BCUT2D eigenvalue weighted by molar-refractivity contribution is 5.51. The lowest BCUT2D eigenvalue weighted by Crippen LogP contribution is -2.17. The molecule has 0 saturated carbocycles. The van der Waals surface area contributed by atoms with Crippen LogP contribution in [-0.2, 0) is 6.54 Å². The van der Waals surface area contributed by atoms with Crippen molar-refractivity contribution in [2.75, 3.05) is 23.3 Å². The van der Waals surface area contributed by atoms with Crippen LogP contribution in [0.2, 0.25) is 0 Å². The summed E-state index contributed by atoms with van der Waals surface area (Å²) in [6, 6.07) is 15.6. The Labute approximate surface area is 127 Å². The molecule has 0 radical (unpaired) electrons. The highest BCUT2D eigenvalue weighted by Crippen LogP contribution is 2.21. The number of hydrogen-bond donors (Lipinski definition) is 1. The molecular formula is C19H24N2. The van der Waals surface area contributed by atoms with Crippen LogP contribution >= 0.6 is 0 Å². The quantitative estimate of drug-likeness (QED) is 0.886. The zero-order chi connectivity index (χ0) is 14.7. The van der Waals surface area contributed by atoms with Crippen molar-refractivity contribution in [3.05, 3.63) is 59.2 Å². The normalized spacial score (nSPS) is 14.5. The minimum Gasteiger partial charge on any atom is -0.381 e. The number of anilines is 2. The first kappa shape index (κ1) is 14.0. The first-order chi connectivity index (χ1) is 10.2. The second-order valence-corrected chi connectivity index (χ2v) is 6.09. The number of nitrogens with zero attached hydrogens (tertiary/aromatic N) is 1. The minimum atomic E-state index is 0.878. The summed E-state index contributed by atoms with van der Waals surface area (Å²) in [7, 11) is 0. The van der Waals surface area contributed by atoms with Gasteiger partial charge in [0.25, 0.3) is 0 Å². The molecule has 1 saturated heterocycles. The van der Waals surface area contributed by atoms with Crippen molar-refractivity contribution >= 4 is 11.4 Å². The topological polar surface area (TPSA) is 15.3 Å². The van der Waals surface area contributed by atoms with E-state index in [1.165, 1.54) is 54.0 Å². The van der Waals surface area contributed by atoms with E-state index in [9.17, 15) is 0 Å². The van der Waals surface area contributed by atoms with E-state index >= 15 is 0 Å². The molecule has 2 heteroatoms. The molecule has 2 aromatic carbocycles. The Morgan fingerprint density at radius 1 is 0.905 bits per heavy atom. The Balaban J connectivity index is 1.62. The van der Waals surface area contributed by atoms with Gasteiger partial charge in [-0.3, -0.25) is 0 Å². The predicted molar refractivity (Wildman–Crippen MR) is 91.1 cm³/mol. The second kappa shape index (κ2) is 6.21. The Hall–Kier alpha value is -1.96. The van der Waals surface area contributed by atoms with Gasteiger partial charge in [-0.25, -0.2) is 0 Å². The maximum absolute atomic E-state index is 3.52. The van der Waals surface area contributed by atoms with Crippen molar-refractivity contribution in [1.29, 1.82) is 0 Å². The number of aryl methyl sites for hydroxylation is 2. The minimum absolute atomic E-state index is 0.878. The molecule has 1 aliphatic rings. The largest absolute Gasteiger partial charge is 0.381 e. The summed E-state index contributed by atoms with van der Waals surface area (Å²) in [6.45, 7) is 7.58. The maximum Gasteiger partial charge on any atom is 0.0400 e. The molecule has 0 aliphatic carbocycles. The molecule has 0 aromatic heterocycles. The van der Waals surface area contributed by atoms with Gasteiger partial charge in [-0.15, -0.1) is 0 Å². The second-order valence-electron chi connectivity index (χ2n) is 6.09. The van der Waals surface area contributed by atoms with E-state index in [-0.39, 0.29) is 0 Å². The van der Waals surface area contributed by atoms with Gasteiger partial charge in [0.05, 0.1) is 0 Å². The Morgan fingerprint density at radius 2 is 1.52 bits per heavy atom. The van der Waals surface area contributed by atoms with Gasteiger partial charge in [-0.2, -0.15) is 0 Å². The summed E-state index contributed by atoms with van der Waals surface area (Å²) in [6.07, 6.45) is 2.66. The van der Waals surface area contributed by atoms with Crippen LogP contribution in [0, 0.1) is 13.8 Å². The molecule has 0 atom stereocenters. The van der Waals surface area contributed by atoms with E-state index in [0.29, 0.717) is 0 Å². The molecule has 21 heavy (non-hydrogen) atoms. The fourth-order valence-electron chi connectivity index (χ4n) is 3.08. The van der Waals surface area contributed by atoms with Crippen LogP contribution < -0.4 is 10.2 Å². The molecule has 0 amide bonds. The van der Waals surface area contributed by atoms with E-state index in [1.54, 1.807) is 0 Å². The molecule has 0 bridgehead atoms. The van der Waals surface area contributed by atoms with Crippen LogP contribution in [0.5, 0.6) is 0 Å². The van der Waals surface area contributed by atoms with Gasteiger partial charge < -0.3 is 10.2 Å². The number of benzene rings is 2. The SMILES string of the molecule is Cc1cc(C)cc(NCc2ccc(N3CCCC3)cc2)c1. The first-order valence-corrected chi connectivity index (χ1v) is 7.87. The van der Waals surface area contributed by atoms with E-state index in [4.69, 9.17) is 0 Å². The van der Waals surface area contributed by atoms with Crippen LogP contribution in [0.1, 0.15) is 29.5 Å². The molecule has 110 valence electrons. The molecule has 3 rings (SSSR count). The van der Waals surface area contributed by atoms with Crippen LogP contribution in [0.15, 0.2) is 42.5 Å². The number of nitrogens with one attached hydrogen (secondary N) is 1. The summed E-state index contributed by atoms with van der Waals surface area (Å²) < 4.78 is 0. The van der Waals surface area contributed by atoms with Gasteiger partial charge in [0, 0.05) is 31.0 Å². The zero-order valence-corrected chi connectivity index (χ0v) is 13.0. The Bertz CT molecular complexity index is 575. The molecule has 0 unspecified atom stereocenters. The van der Waals surface area contributed by atoms with Gasteiger partial charge in [0.15, 0.2) is 0 Å². The third-order valence-electron chi connectivity index (χ3n) is 4.13. The monoisotopic (exact) mass is 280 g/mol. The molecule has 0 spiro atoms. The number of rotatable bonds is 4. The highest BCUT2D eigenvalue weighted by atomic mass is 15.1. The molecule has 1 heterocycles. The van der Waals surface area contributed by atoms with Crippen LogP contribution in [0.4, 0.5) is 11.4 Å². The van der Waals surface area contributed by atoms with Gasteiger partial charge in [0.1, 0.15) is 0 Å². The zero-order valence-electron chi connectivity index (χ0n) is 13.0. The van der Waals surface area contributed by atoms with Crippen LogP contribution in [0.3, 0.4) is 0 Å². The average Bonchev–Trinajstić information content (AvgIpc) is 2.99. The van der Waals surface area contributed by atoms with Crippen molar-refractivity contribution < 1.29 is 0 Å². The lowest BCUT2D eigenvalue weighted by Gasteiger charge is -2.18. The third-order valence-corrected chi connectivity index (χ3v) is 4.13. The van der Waals surface area contributed by atoms with Crippen LogP contribution in [-0.4, -0.2) is 13.1 Å². The van der Waals surface area contributed by atoms with Crippen LogP contribution in [0.25, 0.3) is 0 Å². The van der Waals surface area contributed by atoms with Gasteiger partial charge >= 0.3 is 0 Å². The number of hydrogen-bond acceptors (Lipinski definition) is 2. The molecular weight excluding hydrogens is 256 g/mol. The summed E-state index contributed by atoms with van der Waals surface area (Å²) >= 11 is 0. The van der Waals surface area contributed by atoms with E-state index < -0.39 is 0 Å².